The van der Waals surface area contributed by atoms with Crippen LogP contribution in [0, 0.1) is 0 Å². The van der Waals surface area contributed by atoms with Crippen LogP contribution >= 0.6 is 0 Å². The van der Waals surface area contributed by atoms with Crippen molar-refractivity contribution in [2.24, 2.45) is 0 Å². The maximum atomic E-state index is 14.7. The molecule has 3 aromatic rings. The lowest BCUT2D eigenvalue weighted by molar-refractivity contribution is -0.141. The molecule has 1 unspecified atom stereocenters. The van der Waals surface area contributed by atoms with Gasteiger partial charge in [0.15, 0.2) is 5.78 Å². The second-order valence-electron chi connectivity index (χ2n) is 16.8. The number of nitrogens with zero attached hydrogens (tertiary/aromatic N) is 2. The monoisotopic (exact) mass is 782 g/mol. The highest BCUT2D eigenvalue weighted by Crippen LogP contribution is 2.32. The molecule has 3 aromatic carbocycles. The van der Waals surface area contributed by atoms with E-state index in [0.29, 0.717) is 28.9 Å². The number of carbonyl (C=O) groups is 6. The van der Waals surface area contributed by atoms with Crippen LogP contribution in [-0.4, -0.2) is 95.5 Å². The lowest BCUT2D eigenvalue weighted by Gasteiger charge is -2.33. The molecular formula is C43H54N4O8Si. The van der Waals surface area contributed by atoms with Crippen molar-refractivity contribution >= 4 is 43.6 Å². The predicted octanol–water partition coefficient (Wildman–Crippen LogP) is 5.75. The molecule has 0 spiro atoms. The number of hydrogen-bond donors (Lipinski definition) is 3. The predicted molar refractivity (Wildman–Crippen MR) is 215 cm³/mol. The van der Waals surface area contributed by atoms with Gasteiger partial charge in [0, 0.05) is 31.6 Å². The summed E-state index contributed by atoms with van der Waals surface area (Å²) < 4.78 is 5.47. The molecule has 1 aliphatic heterocycles. The normalized spacial score (nSPS) is 18.5. The van der Waals surface area contributed by atoms with Crippen molar-refractivity contribution in [1.82, 2.24) is 20.4 Å². The van der Waals surface area contributed by atoms with E-state index in [1.54, 1.807) is 56.9 Å². The zero-order valence-electron chi connectivity index (χ0n) is 33.4. The summed E-state index contributed by atoms with van der Waals surface area (Å²) in [5, 5.41) is 15.3. The average molecular weight is 783 g/mol. The quantitative estimate of drug-likeness (QED) is 0.155. The Morgan fingerprint density at radius 3 is 2.20 bits per heavy atom. The van der Waals surface area contributed by atoms with Crippen molar-refractivity contribution in [2.45, 2.75) is 109 Å². The third-order valence-corrected chi connectivity index (χ3v) is 13.2. The van der Waals surface area contributed by atoms with E-state index >= 15 is 0 Å². The maximum absolute atomic E-state index is 14.7. The molecule has 5 rings (SSSR count). The minimum atomic E-state index is -2.04. The number of carboxylic acid groups (broad SMARTS) is 1. The first-order chi connectivity index (χ1) is 26.3. The number of aromatic carboxylic acids is 1. The van der Waals surface area contributed by atoms with E-state index in [4.69, 9.17) is 4.74 Å². The molecule has 56 heavy (non-hydrogen) atoms. The van der Waals surface area contributed by atoms with Gasteiger partial charge in [0.05, 0.1) is 19.7 Å². The molecule has 2 aliphatic rings. The Balaban J connectivity index is 1.36. The van der Waals surface area contributed by atoms with E-state index < -0.39 is 49.8 Å². The summed E-state index contributed by atoms with van der Waals surface area (Å²) in [5.74, 6) is -2.38. The lowest BCUT2D eigenvalue weighted by Crippen LogP contribution is -2.57. The van der Waals surface area contributed by atoms with Crippen LogP contribution in [0.2, 0.25) is 19.1 Å². The molecule has 0 bridgehead atoms. The van der Waals surface area contributed by atoms with Crippen LogP contribution in [0.15, 0.2) is 72.8 Å². The number of benzene rings is 3. The van der Waals surface area contributed by atoms with E-state index in [0.717, 1.165) is 24.8 Å². The van der Waals surface area contributed by atoms with Crippen molar-refractivity contribution in [3.8, 4) is 0 Å². The third-order valence-electron chi connectivity index (χ3n) is 10.5. The van der Waals surface area contributed by atoms with Crippen LogP contribution in [0.3, 0.4) is 0 Å². The van der Waals surface area contributed by atoms with Crippen molar-refractivity contribution in [3.63, 3.8) is 0 Å². The number of aryl methyl sites for hydroxylation is 1. The minimum Gasteiger partial charge on any atom is -0.478 e. The van der Waals surface area contributed by atoms with E-state index in [1.165, 1.54) is 41.8 Å². The van der Waals surface area contributed by atoms with Crippen molar-refractivity contribution in [3.05, 3.63) is 106 Å². The van der Waals surface area contributed by atoms with Crippen LogP contribution in [0.1, 0.15) is 89.5 Å². The molecule has 0 aromatic heterocycles. The van der Waals surface area contributed by atoms with Crippen molar-refractivity contribution in [1.29, 1.82) is 0 Å². The van der Waals surface area contributed by atoms with Gasteiger partial charge in [0.1, 0.15) is 23.7 Å². The molecule has 12 nitrogen and oxygen atoms in total. The maximum Gasteiger partial charge on any atom is 0.410 e. The van der Waals surface area contributed by atoms with Crippen LogP contribution < -0.4 is 10.6 Å². The highest BCUT2D eigenvalue weighted by molar-refractivity contribution is 6.79. The SMILES string of the molecule is C[C@@H](C(=O)N[C@@H](Cc1ccc(CC(=O)c2ccc(C(=O)O)cc2)cc1)C(=O)N1C[Si](C)(C)C[C@H]1C(=O)NC1CCCc2ccccc21)N(C)C(=O)OC(C)(C)C. The number of likely N-dealkylation sites (N-methyl/N-ethyl adjacent to an activating group) is 1. The number of Topliss-reactive ketones (excluding diaryl/α,β-unsaturated/α-hetero) is 1. The summed E-state index contributed by atoms with van der Waals surface area (Å²) in [6, 6.07) is 18.7. The fourth-order valence-corrected chi connectivity index (χ4v) is 10.3. The zero-order valence-corrected chi connectivity index (χ0v) is 34.4. The van der Waals surface area contributed by atoms with Gasteiger partial charge in [0.2, 0.25) is 17.7 Å². The summed E-state index contributed by atoms with van der Waals surface area (Å²) >= 11 is 0. The van der Waals surface area contributed by atoms with Gasteiger partial charge in [-0.25, -0.2) is 9.59 Å². The van der Waals surface area contributed by atoms with Crippen LogP contribution in [0.4, 0.5) is 4.79 Å². The first-order valence-electron chi connectivity index (χ1n) is 19.2. The molecule has 4 atom stereocenters. The van der Waals surface area contributed by atoms with Gasteiger partial charge in [-0.05, 0) is 87.4 Å². The molecule has 3 N–H and O–H groups in total. The van der Waals surface area contributed by atoms with Crippen LogP contribution in [-0.2, 0) is 38.4 Å². The summed E-state index contributed by atoms with van der Waals surface area (Å²) in [6.07, 6.45) is 2.66. The van der Waals surface area contributed by atoms with Gasteiger partial charge in [-0.2, -0.15) is 0 Å². The van der Waals surface area contributed by atoms with Gasteiger partial charge in [0.25, 0.3) is 0 Å². The standard InChI is InChI=1S/C43H54N4O8Si/c1-27(46(5)42(54)55-43(2,3)4)38(49)45-35(23-28-15-17-29(18-16-28)24-37(48)31-19-21-32(22-20-31)41(52)53)40(51)47-26-56(6,7)25-36(47)39(50)44-34-14-10-12-30-11-8-9-13-33(30)34/h8-9,11,13,15-22,27,34-36H,10,12,14,23-26H2,1-7H3,(H,44,50)(H,45,49)(H,52,53)/t27-,34?,35-,36-/m0/s1. The van der Waals surface area contributed by atoms with Gasteiger partial charge in [-0.15, -0.1) is 0 Å². The first-order valence-corrected chi connectivity index (χ1v) is 22.6. The Kier molecular flexibility index (Phi) is 12.9. The summed E-state index contributed by atoms with van der Waals surface area (Å²) in [5.41, 5.74) is 3.47. The van der Waals surface area contributed by atoms with Gasteiger partial charge in [-0.1, -0.05) is 73.8 Å². The number of nitrogens with one attached hydrogen (secondary N) is 2. The summed E-state index contributed by atoms with van der Waals surface area (Å²) in [6.45, 7) is 11.1. The number of hydrogen-bond acceptors (Lipinski definition) is 7. The Hall–Kier alpha value is -5.30. The van der Waals surface area contributed by atoms with Gasteiger partial charge < -0.3 is 25.4 Å². The number of carbonyl (C=O) groups excluding carboxylic acids is 5. The topological polar surface area (TPSA) is 162 Å². The number of carboxylic acids is 1. The largest absolute Gasteiger partial charge is 0.478 e. The van der Waals surface area contributed by atoms with E-state index in [1.807, 2.05) is 12.1 Å². The summed E-state index contributed by atoms with van der Waals surface area (Å²) in [4.78, 5) is 82.5. The molecule has 0 saturated carbocycles. The van der Waals surface area contributed by atoms with Crippen molar-refractivity contribution in [2.75, 3.05) is 13.2 Å². The molecule has 298 valence electrons. The molecule has 0 radical (unpaired) electrons. The van der Waals surface area contributed by atoms with E-state index in [9.17, 15) is 33.9 Å². The van der Waals surface area contributed by atoms with E-state index in [-0.39, 0.29) is 42.0 Å². The highest BCUT2D eigenvalue weighted by atomic mass is 28.3. The smallest absolute Gasteiger partial charge is 0.410 e. The Morgan fingerprint density at radius 1 is 0.929 bits per heavy atom. The molecule has 4 amide bonds. The molecule has 1 heterocycles. The Morgan fingerprint density at radius 2 is 1.55 bits per heavy atom. The molecule has 1 saturated heterocycles. The third kappa shape index (κ3) is 10.5. The highest BCUT2D eigenvalue weighted by Gasteiger charge is 2.47. The zero-order chi connectivity index (χ0) is 40.9. The molecule has 13 heteroatoms. The minimum absolute atomic E-state index is 0.0794. The Labute approximate surface area is 330 Å². The van der Waals surface area contributed by atoms with E-state index in [2.05, 4.69) is 35.9 Å². The van der Waals surface area contributed by atoms with Crippen molar-refractivity contribution < 1.29 is 38.6 Å². The average Bonchev–Trinajstić information content (AvgIpc) is 3.49. The molecule has 1 fully saturated rings. The number of rotatable bonds is 12. The Bertz CT molecular complexity index is 1960. The van der Waals surface area contributed by atoms with Crippen LogP contribution in [0.25, 0.3) is 0 Å². The number of ketones is 1. The number of fused-ring (bicyclic) bond motifs is 1. The first kappa shape index (κ1) is 41.9. The molecular weight excluding hydrogens is 729 g/mol. The number of ether oxygens (including phenoxy) is 1. The van der Waals surface area contributed by atoms with Gasteiger partial charge in [-0.3, -0.25) is 24.1 Å². The summed E-state index contributed by atoms with van der Waals surface area (Å²) in [7, 11) is -0.577. The fraction of sp³-hybridized carbons (Fsp3) is 0.442. The number of amides is 4. The van der Waals surface area contributed by atoms with Crippen LogP contribution in [0.5, 0.6) is 0 Å². The molecule has 1 aliphatic carbocycles. The second-order valence-corrected chi connectivity index (χ2v) is 21.9. The second kappa shape index (κ2) is 17.2. The van der Waals surface area contributed by atoms with Gasteiger partial charge >= 0.3 is 12.1 Å². The fourth-order valence-electron chi connectivity index (χ4n) is 7.38. The lowest BCUT2D eigenvalue weighted by atomic mass is 9.87.